The summed E-state index contributed by atoms with van der Waals surface area (Å²) in [5.74, 6) is 0. The molecule has 9 heavy (non-hydrogen) atoms. The van der Waals surface area contributed by atoms with E-state index in [9.17, 15) is 0 Å². The van der Waals surface area contributed by atoms with Gasteiger partial charge in [-0.15, -0.1) is 0 Å². The van der Waals surface area contributed by atoms with Crippen LogP contribution in [0, 0.1) is 0 Å². The maximum Gasteiger partial charge on any atom is 0.109 e. The van der Waals surface area contributed by atoms with E-state index in [1.807, 2.05) is 6.07 Å². The molecule has 0 saturated carbocycles. The van der Waals surface area contributed by atoms with Crippen molar-refractivity contribution < 1.29 is 0 Å². The monoisotopic (exact) mass is 142 g/mol. The van der Waals surface area contributed by atoms with Gasteiger partial charge in [0.15, 0.2) is 0 Å². The first-order chi connectivity index (χ1) is 4.29. The van der Waals surface area contributed by atoms with Crippen LogP contribution in [0.25, 0.3) is 0 Å². The molecule has 0 radical (unpaired) electrons. The lowest BCUT2D eigenvalue weighted by Crippen LogP contribution is -2.07. The van der Waals surface area contributed by atoms with Crippen LogP contribution in [-0.2, 0) is 0 Å². The van der Waals surface area contributed by atoms with Crippen LogP contribution >= 0.6 is 11.5 Å². The van der Waals surface area contributed by atoms with Gasteiger partial charge in [-0.3, -0.25) is 0 Å². The molecule has 1 aromatic heterocycles. The number of anilines is 1. The number of rotatable bonds is 2. The SMILES string of the molecule is CC(C)Nc1ccns1. The van der Waals surface area contributed by atoms with Crippen LogP contribution in [0.4, 0.5) is 5.00 Å². The Morgan fingerprint density at radius 2 is 2.44 bits per heavy atom. The van der Waals surface area contributed by atoms with Gasteiger partial charge in [0.2, 0.25) is 0 Å². The minimum atomic E-state index is 0.505. The summed E-state index contributed by atoms with van der Waals surface area (Å²) in [7, 11) is 0. The molecule has 3 heteroatoms. The van der Waals surface area contributed by atoms with Crippen molar-refractivity contribution in [1.82, 2.24) is 4.37 Å². The van der Waals surface area contributed by atoms with E-state index in [1.165, 1.54) is 11.5 Å². The fourth-order valence-electron chi connectivity index (χ4n) is 0.575. The van der Waals surface area contributed by atoms with Crippen molar-refractivity contribution in [1.29, 1.82) is 0 Å². The number of hydrogen-bond donors (Lipinski definition) is 1. The molecular formula is C6H10N2S. The average Bonchev–Trinajstić information content (AvgIpc) is 2.15. The molecule has 50 valence electrons. The zero-order chi connectivity index (χ0) is 6.69. The Balaban J connectivity index is 2.48. The highest BCUT2D eigenvalue weighted by molar-refractivity contribution is 7.10. The first kappa shape index (κ1) is 6.55. The Labute approximate surface area is 59.1 Å². The highest BCUT2D eigenvalue weighted by Gasteiger charge is 1.93. The second-order valence-electron chi connectivity index (χ2n) is 2.18. The first-order valence-corrected chi connectivity index (χ1v) is 3.73. The summed E-state index contributed by atoms with van der Waals surface area (Å²) in [4.78, 5) is 0. The van der Waals surface area contributed by atoms with E-state index in [1.54, 1.807) is 6.20 Å². The molecule has 0 saturated heterocycles. The second kappa shape index (κ2) is 2.82. The van der Waals surface area contributed by atoms with Gasteiger partial charge in [0.05, 0.1) is 0 Å². The molecule has 1 N–H and O–H groups in total. The predicted octanol–water partition coefficient (Wildman–Crippen LogP) is 1.96. The van der Waals surface area contributed by atoms with Gasteiger partial charge < -0.3 is 5.32 Å². The van der Waals surface area contributed by atoms with Gasteiger partial charge in [0.25, 0.3) is 0 Å². The quantitative estimate of drug-likeness (QED) is 0.682. The maximum absolute atomic E-state index is 3.95. The van der Waals surface area contributed by atoms with Crippen molar-refractivity contribution in [2.45, 2.75) is 19.9 Å². The fraction of sp³-hybridized carbons (Fsp3) is 0.500. The number of hydrogen-bond acceptors (Lipinski definition) is 3. The van der Waals surface area contributed by atoms with E-state index < -0.39 is 0 Å². The summed E-state index contributed by atoms with van der Waals surface area (Å²) in [6.07, 6.45) is 1.80. The molecule has 0 amide bonds. The number of nitrogens with zero attached hydrogens (tertiary/aromatic N) is 1. The van der Waals surface area contributed by atoms with Gasteiger partial charge in [-0.1, -0.05) is 0 Å². The Kier molecular flexibility index (Phi) is 2.05. The molecular weight excluding hydrogens is 132 g/mol. The van der Waals surface area contributed by atoms with Crippen molar-refractivity contribution in [3.8, 4) is 0 Å². The van der Waals surface area contributed by atoms with Crippen molar-refractivity contribution >= 4 is 16.5 Å². The van der Waals surface area contributed by atoms with E-state index in [0.29, 0.717) is 6.04 Å². The highest BCUT2D eigenvalue weighted by Crippen LogP contribution is 2.11. The Morgan fingerprint density at radius 1 is 1.67 bits per heavy atom. The molecule has 1 heterocycles. The van der Waals surface area contributed by atoms with Crippen LogP contribution in [-0.4, -0.2) is 10.4 Å². The third-order valence-corrected chi connectivity index (χ3v) is 1.55. The Hall–Kier alpha value is -0.570. The molecule has 2 nitrogen and oxygen atoms in total. The van der Waals surface area contributed by atoms with Gasteiger partial charge >= 0.3 is 0 Å². The van der Waals surface area contributed by atoms with Crippen LogP contribution in [0.2, 0.25) is 0 Å². The highest BCUT2D eigenvalue weighted by atomic mass is 32.1. The van der Waals surface area contributed by atoms with Crippen molar-refractivity contribution in [3.63, 3.8) is 0 Å². The van der Waals surface area contributed by atoms with Crippen LogP contribution < -0.4 is 5.32 Å². The molecule has 0 fully saturated rings. The summed E-state index contributed by atoms with van der Waals surface area (Å²) in [5.41, 5.74) is 0. The lowest BCUT2D eigenvalue weighted by Gasteiger charge is -2.04. The van der Waals surface area contributed by atoms with Crippen molar-refractivity contribution in [3.05, 3.63) is 12.3 Å². The molecule has 0 aliphatic carbocycles. The average molecular weight is 142 g/mol. The topological polar surface area (TPSA) is 24.9 Å². The third kappa shape index (κ3) is 2.01. The molecule has 0 aliphatic rings. The van der Waals surface area contributed by atoms with Gasteiger partial charge in [0, 0.05) is 12.2 Å². The molecule has 1 aromatic rings. The summed E-state index contributed by atoms with van der Waals surface area (Å²) in [6.45, 7) is 4.22. The zero-order valence-electron chi connectivity index (χ0n) is 5.59. The van der Waals surface area contributed by atoms with E-state index in [4.69, 9.17) is 0 Å². The lowest BCUT2D eigenvalue weighted by atomic mass is 10.4. The lowest BCUT2D eigenvalue weighted by molar-refractivity contribution is 0.904. The fourth-order valence-corrected chi connectivity index (χ4v) is 1.22. The Morgan fingerprint density at radius 3 is 2.89 bits per heavy atom. The Bertz CT molecular complexity index is 158. The maximum atomic E-state index is 3.95. The van der Waals surface area contributed by atoms with E-state index in [-0.39, 0.29) is 0 Å². The first-order valence-electron chi connectivity index (χ1n) is 2.96. The van der Waals surface area contributed by atoms with E-state index >= 15 is 0 Å². The second-order valence-corrected chi connectivity index (χ2v) is 3.01. The van der Waals surface area contributed by atoms with Gasteiger partial charge in [-0.05, 0) is 31.4 Å². The standard InChI is InChI=1S/C6H10N2S/c1-5(2)8-6-3-4-7-9-6/h3-5,8H,1-2H3. The van der Waals surface area contributed by atoms with Gasteiger partial charge in [-0.2, -0.15) is 4.37 Å². The van der Waals surface area contributed by atoms with Crippen LogP contribution in [0.15, 0.2) is 12.3 Å². The summed E-state index contributed by atoms with van der Waals surface area (Å²) < 4.78 is 3.95. The van der Waals surface area contributed by atoms with Gasteiger partial charge in [0.1, 0.15) is 5.00 Å². The molecule has 0 aromatic carbocycles. The van der Waals surface area contributed by atoms with Crippen LogP contribution in [0.1, 0.15) is 13.8 Å². The minimum Gasteiger partial charge on any atom is -0.373 e. The molecule has 0 atom stereocenters. The van der Waals surface area contributed by atoms with E-state index in [0.717, 1.165) is 5.00 Å². The summed E-state index contributed by atoms with van der Waals surface area (Å²) >= 11 is 1.49. The molecule has 0 bridgehead atoms. The third-order valence-electron chi connectivity index (χ3n) is 0.869. The smallest absolute Gasteiger partial charge is 0.109 e. The predicted molar refractivity (Wildman–Crippen MR) is 40.9 cm³/mol. The molecule has 0 spiro atoms. The zero-order valence-corrected chi connectivity index (χ0v) is 6.40. The van der Waals surface area contributed by atoms with Crippen LogP contribution in [0.3, 0.4) is 0 Å². The summed E-state index contributed by atoms with van der Waals surface area (Å²) in [6, 6.07) is 2.48. The van der Waals surface area contributed by atoms with E-state index in [2.05, 4.69) is 23.5 Å². The largest absolute Gasteiger partial charge is 0.373 e. The molecule has 0 aliphatic heterocycles. The van der Waals surface area contributed by atoms with Crippen molar-refractivity contribution in [2.24, 2.45) is 0 Å². The number of nitrogens with one attached hydrogen (secondary N) is 1. The number of aromatic nitrogens is 1. The van der Waals surface area contributed by atoms with Crippen molar-refractivity contribution in [2.75, 3.05) is 5.32 Å². The van der Waals surface area contributed by atoms with Crippen LogP contribution in [0.5, 0.6) is 0 Å². The van der Waals surface area contributed by atoms with Gasteiger partial charge in [-0.25, -0.2) is 0 Å². The molecule has 0 unspecified atom stereocenters. The summed E-state index contributed by atoms with van der Waals surface area (Å²) in [5, 5.41) is 4.38. The minimum absolute atomic E-state index is 0.505. The normalized spacial score (nSPS) is 10.1. The molecule has 1 rings (SSSR count).